The standard InChI is InChI=1S/C13H28N2O2S/c1-5-11(6-2)9-18(16,17)15-8-7-12(14)13(3,4)10-15/h11-12H,5-10,14H2,1-4H3. The Balaban J connectivity index is 2.75. The summed E-state index contributed by atoms with van der Waals surface area (Å²) in [4.78, 5) is 0. The van der Waals surface area contributed by atoms with Crippen LogP contribution in [0, 0.1) is 11.3 Å². The molecule has 18 heavy (non-hydrogen) atoms. The van der Waals surface area contributed by atoms with Gasteiger partial charge >= 0.3 is 0 Å². The van der Waals surface area contributed by atoms with Crippen LogP contribution in [0.1, 0.15) is 47.0 Å². The van der Waals surface area contributed by atoms with Crippen LogP contribution in [-0.2, 0) is 10.0 Å². The van der Waals surface area contributed by atoms with Crippen molar-refractivity contribution in [2.24, 2.45) is 17.1 Å². The van der Waals surface area contributed by atoms with Gasteiger partial charge in [-0.25, -0.2) is 12.7 Å². The second-order valence-corrected chi connectivity index (χ2v) is 8.19. The number of sulfonamides is 1. The van der Waals surface area contributed by atoms with Gasteiger partial charge in [0.05, 0.1) is 5.75 Å². The van der Waals surface area contributed by atoms with Crippen LogP contribution in [0.15, 0.2) is 0 Å². The third-order valence-electron chi connectivity index (χ3n) is 4.27. The van der Waals surface area contributed by atoms with Crippen molar-refractivity contribution in [2.45, 2.75) is 53.0 Å². The first-order valence-electron chi connectivity index (χ1n) is 6.96. The largest absolute Gasteiger partial charge is 0.327 e. The van der Waals surface area contributed by atoms with Crippen molar-refractivity contribution in [3.05, 3.63) is 0 Å². The van der Waals surface area contributed by atoms with E-state index in [1.807, 2.05) is 0 Å². The van der Waals surface area contributed by atoms with E-state index in [0.717, 1.165) is 19.3 Å². The molecule has 0 aromatic rings. The van der Waals surface area contributed by atoms with E-state index in [9.17, 15) is 8.42 Å². The molecule has 0 amide bonds. The minimum absolute atomic E-state index is 0.0945. The quantitative estimate of drug-likeness (QED) is 0.833. The average Bonchev–Trinajstić information content (AvgIpc) is 2.29. The molecule has 0 saturated carbocycles. The van der Waals surface area contributed by atoms with E-state index >= 15 is 0 Å². The Labute approximate surface area is 112 Å². The van der Waals surface area contributed by atoms with Crippen LogP contribution in [0.4, 0.5) is 0 Å². The summed E-state index contributed by atoms with van der Waals surface area (Å²) in [5, 5.41) is 0. The third-order valence-corrected chi connectivity index (χ3v) is 6.26. The molecule has 1 unspecified atom stereocenters. The molecule has 1 rings (SSSR count). The number of nitrogens with zero attached hydrogens (tertiary/aromatic N) is 1. The Hall–Kier alpha value is -0.130. The molecular weight excluding hydrogens is 248 g/mol. The first-order valence-corrected chi connectivity index (χ1v) is 8.57. The van der Waals surface area contributed by atoms with E-state index in [0.29, 0.717) is 13.1 Å². The highest BCUT2D eigenvalue weighted by Crippen LogP contribution is 2.30. The fourth-order valence-electron chi connectivity index (χ4n) is 2.49. The van der Waals surface area contributed by atoms with Crippen molar-refractivity contribution >= 4 is 10.0 Å². The van der Waals surface area contributed by atoms with Crippen molar-refractivity contribution in [3.63, 3.8) is 0 Å². The number of nitrogens with two attached hydrogens (primary N) is 1. The maximum atomic E-state index is 12.4. The lowest BCUT2D eigenvalue weighted by Gasteiger charge is -2.42. The van der Waals surface area contributed by atoms with Crippen LogP contribution in [0.2, 0.25) is 0 Å². The number of rotatable bonds is 5. The van der Waals surface area contributed by atoms with Gasteiger partial charge < -0.3 is 5.73 Å². The Bertz CT molecular complexity index is 361. The second-order valence-electron chi connectivity index (χ2n) is 6.18. The summed E-state index contributed by atoms with van der Waals surface area (Å²) >= 11 is 0. The Morgan fingerprint density at radius 1 is 1.33 bits per heavy atom. The van der Waals surface area contributed by atoms with Crippen LogP contribution in [0.25, 0.3) is 0 Å². The normalized spacial score (nSPS) is 25.6. The summed E-state index contributed by atoms with van der Waals surface area (Å²) in [5.74, 6) is 0.555. The summed E-state index contributed by atoms with van der Waals surface area (Å²) in [6, 6.07) is 0.0945. The molecular formula is C13H28N2O2S. The van der Waals surface area contributed by atoms with Gasteiger partial charge in [0.15, 0.2) is 0 Å². The van der Waals surface area contributed by atoms with E-state index in [4.69, 9.17) is 5.73 Å². The Morgan fingerprint density at radius 2 is 1.89 bits per heavy atom. The molecule has 2 N–H and O–H groups in total. The van der Waals surface area contributed by atoms with Gasteiger partial charge in [-0.2, -0.15) is 0 Å². The van der Waals surface area contributed by atoms with Crippen LogP contribution < -0.4 is 5.73 Å². The maximum absolute atomic E-state index is 12.4. The fraction of sp³-hybridized carbons (Fsp3) is 1.00. The van der Waals surface area contributed by atoms with E-state index in [1.54, 1.807) is 4.31 Å². The number of hydrogen-bond acceptors (Lipinski definition) is 3. The fourth-order valence-corrected chi connectivity index (χ4v) is 4.68. The molecule has 1 saturated heterocycles. The molecule has 1 fully saturated rings. The highest BCUT2D eigenvalue weighted by atomic mass is 32.2. The van der Waals surface area contributed by atoms with Crippen LogP contribution in [-0.4, -0.2) is 37.6 Å². The lowest BCUT2D eigenvalue weighted by molar-refractivity contribution is 0.155. The topological polar surface area (TPSA) is 63.4 Å². The van der Waals surface area contributed by atoms with Gasteiger partial charge in [0.1, 0.15) is 0 Å². The number of hydrogen-bond donors (Lipinski definition) is 1. The first-order chi connectivity index (χ1) is 8.23. The Kier molecular flexibility index (Phi) is 5.21. The molecule has 1 aliphatic heterocycles. The van der Waals surface area contributed by atoms with Crippen molar-refractivity contribution in [3.8, 4) is 0 Å². The van der Waals surface area contributed by atoms with E-state index in [1.165, 1.54) is 0 Å². The smallest absolute Gasteiger partial charge is 0.214 e. The summed E-state index contributed by atoms with van der Waals surface area (Å²) in [5.41, 5.74) is 5.92. The second kappa shape index (κ2) is 5.88. The van der Waals surface area contributed by atoms with Gasteiger partial charge in [0.2, 0.25) is 10.0 Å². The maximum Gasteiger partial charge on any atom is 0.214 e. The summed E-state index contributed by atoms with van der Waals surface area (Å²) in [7, 11) is -3.12. The van der Waals surface area contributed by atoms with Crippen molar-refractivity contribution < 1.29 is 8.42 Å². The minimum atomic E-state index is -3.12. The van der Waals surface area contributed by atoms with Gasteiger partial charge in [0.25, 0.3) is 0 Å². The molecule has 0 aliphatic carbocycles. The van der Waals surface area contributed by atoms with Crippen molar-refractivity contribution in [1.29, 1.82) is 0 Å². The molecule has 4 nitrogen and oxygen atoms in total. The highest BCUT2D eigenvalue weighted by Gasteiger charge is 2.38. The molecule has 0 radical (unpaired) electrons. The van der Waals surface area contributed by atoms with Crippen molar-refractivity contribution in [2.75, 3.05) is 18.8 Å². The molecule has 5 heteroatoms. The molecule has 0 aromatic heterocycles. The predicted molar refractivity (Wildman–Crippen MR) is 75.8 cm³/mol. The monoisotopic (exact) mass is 276 g/mol. The summed E-state index contributed by atoms with van der Waals surface area (Å²) in [6.45, 7) is 9.34. The summed E-state index contributed by atoms with van der Waals surface area (Å²) in [6.07, 6.45) is 2.61. The van der Waals surface area contributed by atoms with E-state index < -0.39 is 10.0 Å². The SMILES string of the molecule is CCC(CC)CS(=O)(=O)N1CCC(N)C(C)(C)C1. The minimum Gasteiger partial charge on any atom is -0.327 e. The number of piperidine rings is 1. The van der Waals surface area contributed by atoms with E-state index in [2.05, 4.69) is 27.7 Å². The van der Waals surface area contributed by atoms with Gasteiger partial charge in [-0.05, 0) is 17.8 Å². The van der Waals surface area contributed by atoms with E-state index in [-0.39, 0.29) is 23.1 Å². The first kappa shape index (κ1) is 15.9. The predicted octanol–water partition coefficient (Wildman–Crippen LogP) is 1.81. The summed E-state index contributed by atoms with van der Waals surface area (Å²) < 4.78 is 26.4. The average molecular weight is 276 g/mol. The third kappa shape index (κ3) is 3.68. The molecule has 1 heterocycles. The van der Waals surface area contributed by atoms with Crippen LogP contribution in [0.5, 0.6) is 0 Å². The molecule has 0 bridgehead atoms. The lowest BCUT2D eigenvalue weighted by Crippen LogP contribution is -2.54. The lowest BCUT2D eigenvalue weighted by atomic mass is 9.81. The molecule has 0 aromatic carbocycles. The van der Waals surface area contributed by atoms with Gasteiger partial charge in [-0.15, -0.1) is 0 Å². The zero-order valence-electron chi connectivity index (χ0n) is 12.1. The molecule has 108 valence electrons. The van der Waals surface area contributed by atoms with Crippen LogP contribution in [0.3, 0.4) is 0 Å². The van der Waals surface area contributed by atoms with Crippen LogP contribution >= 0.6 is 0 Å². The zero-order chi connectivity index (χ0) is 14.0. The molecule has 1 atom stereocenters. The van der Waals surface area contributed by atoms with Gasteiger partial charge in [-0.3, -0.25) is 0 Å². The molecule has 0 spiro atoms. The van der Waals surface area contributed by atoms with Gasteiger partial charge in [0, 0.05) is 19.1 Å². The Morgan fingerprint density at radius 3 is 2.33 bits per heavy atom. The van der Waals surface area contributed by atoms with Gasteiger partial charge in [-0.1, -0.05) is 40.5 Å². The highest BCUT2D eigenvalue weighted by molar-refractivity contribution is 7.89. The zero-order valence-corrected chi connectivity index (χ0v) is 13.0. The molecule has 1 aliphatic rings. The van der Waals surface area contributed by atoms with Crippen molar-refractivity contribution in [1.82, 2.24) is 4.31 Å².